The van der Waals surface area contributed by atoms with Gasteiger partial charge in [-0.2, -0.15) is 0 Å². The van der Waals surface area contributed by atoms with Crippen LogP contribution in [0.4, 0.5) is 0 Å². The standard InChI is InChI=1S/C15H18N4O/c1-9(2)11-7-12-13(17-8-11)18-6-5-16-15(18)19(10(3)4)14(12)20/h5-10H,1-4H3. The molecule has 0 unspecified atom stereocenters. The molecule has 0 spiro atoms. The fraction of sp³-hybridized carbons (Fsp3) is 0.400. The predicted molar refractivity (Wildman–Crippen MR) is 79.2 cm³/mol. The third-order valence-corrected chi connectivity index (χ3v) is 3.58. The molecule has 20 heavy (non-hydrogen) atoms. The minimum Gasteiger partial charge on any atom is -0.275 e. The molecule has 104 valence electrons. The topological polar surface area (TPSA) is 52.2 Å². The summed E-state index contributed by atoms with van der Waals surface area (Å²) in [5, 5.41) is 0.649. The maximum atomic E-state index is 12.7. The Kier molecular flexibility index (Phi) is 2.85. The van der Waals surface area contributed by atoms with E-state index < -0.39 is 0 Å². The third kappa shape index (κ3) is 1.73. The van der Waals surface area contributed by atoms with Gasteiger partial charge in [-0.1, -0.05) is 13.8 Å². The average molecular weight is 270 g/mol. The smallest absolute Gasteiger partial charge is 0.264 e. The number of aromatic nitrogens is 4. The Bertz CT molecular complexity index is 842. The van der Waals surface area contributed by atoms with Gasteiger partial charge in [-0.25, -0.2) is 9.97 Å². The number of rotatable bonds is 2. The normalized spacial score (nSPS) is 12.1. The van der Waals surface area contributed by atoms with Crippen molar-refractivity contribution < 1.29 is 0 Å². The third-order valence-electron chi connectivity index (χ3n) is 3.58. The van der Waals surface area contributed by atoms with Crippen LogP contribution in [0.15, 0.2) is 29.5 Å². The molecule has 0 fully saturated rings. The van der Waals surface area contributed by atoms with Gasteiger partial charge in [0.1, 0.15) is 0 Å². The summed E-state index contributed by atoms with van der Waals surface area (Å²) in [6, 6.07) is 2.01. The molecule has 0 aromatic carbocycles. The van der Waals surface area contributed by atoms with Crippen LogP contribution in [0.25, 0.3) is 16.8 Å². The van der Waals surface area contributed by atoms with E-state index in [-0.39, 0.29) is 11.6 Å². The molecule has 0 aliphatic heterocycles. The molecule has 0 saturated carbocycles. The van der Waals surface area contributed by atoms with Crippen molar-refractivity contribution in [2.45, 2.75) is 39.7 Å². The Hall–Kier alpha value is -2.17. The number of pyridine rings is 1. The summed E-state index contributed by atoms with van der Waals surface area (Å²) in [7, 11) is 0. The second kappa shape index (κ2) is 4.44. The van der Waals surface area contributed by atoms with Crippen molar-refractivity contribution in [1.29, 1.82) is 0 Å². The number of hydrogen-bond acceptors (Lipinski definition) is 3. The largest absolute Gasteiger partial charge is 0.275 e. The van der Waals surface area contributed by atoms with Gasteiger partial charge in [-0.3, -0.25) is 13.8 Å². The molecular weight excluding hydrogens is 252 g/mol. The van der Waals surface area contributed by atoms with E-state index >= 15 is 0 Å². The molecule has 5 nitrogen and oxygen atoms in total. The number of imidazole rings is 1. The van der Waals surface area contributed by atoms with Crippen LogP contribution in [-0.2, 0) is 0 Å². The molecule has 0 amide bonds. The molecule has 3 aromatic heterocycles. The zero-order valence-electron chi connectivity index (χ0n) is 12.2. The van der Waals surface area contributed by atoms with E-state index in [2.05, 4.69) is 23.8 Å². The van der Waals surface area contributed by atoms with Crippen molar-refractivity contribution in [2.75, 3.05) is 0 Å². The summed E-state index contributed by atoms with van der Waals surface area (Å²) >= 11 is 0. The minimum absolute atomic E-state index is 0.0244. The van der Waals surface area contributed by atoms with Crippen molar-refractivity contribution in [3.05, 3.63) is 40.6 Å². The lowest BCUT2D eigenvalue weighted by molar-refractivity contribution is 0.589. The lowest BCUT2D eigenvalue weighted by Crippen LogP contribution is -2.25. The van der Waals surface area contributed by atoms with Crippen LogP contribution in [-0.4, -0.2) is 18.9 Å². The van der Waals surface area contributed by atoms with E-state index in [0.717, 1.165) is 5.56 Å². The highest BCUT2D eigenvalue weighted by Gasteiger charge is 2.15. The summed E-state index contributed by atoms with van der Waals surface area (Å²) in [5.41, 5.74) is 1.72. The quantitative estimate of drug-likeness (QED) is 0.719. The van der Waals surface area contributed by atoms with Gasteiger partial charge in [0.2, 0.25) is 5.78 Å². The Morgan fingerprint density at radius 2 is 1.90 bits per heavy atom. The molecule has 5 heteroatoms. The molecule has 3 heterocycles. The fourth-order valence-electron chi connectivity index (χ4n) is 2.46. The van der Waals surface area contributed by atoms with Crippen LogP contribution < -0.4 is 5.56 Å². The van der Waals surface area contributed by atoms with E-state index in [1.807, 2.05) is 36.7 Å². The Balaban J connectivity index is 2.52. The van der Waals surface area contributed by atoms with Gasteiger partial charge in [0, 0.05) is 24.6 Å². The molecular formula is C15H18N4O. The van der Waals surface area contributed by atoms with E-state index in [0.29, 0.717) is 22.7 Å². The average Bonchev–Trinajstić information content (AvgIpc) is 2.87. The van der Waals surface area contributed by atoms with Crippen LogP contribution in [0.1, 0.15) is 45.2 Å². The van der Waals surface area contributed by atoms with Crippen LogP contribution in [0.5, 0.6) is 0 Å². The van der Waals surface area contributed by atoms with Gasteiger partial charge in [-0.05, 0) is 31.4 Å². The Labute approximate surface area is 116 Å². The highest BCUT2D eigenvalue weighted by Crippen LogP contribution is 2.19. The van der Waals surface area contributed by atoms with Gasteiger partial charge in [0.15, 0.2) is 5.65 Å². The molecule has 0 aliphatic carbocycles. The van der Waals surface area contributed by atoms with E-state index in [9.17, 15) is 4.79 Å². The van der Waals surface area contributed by atoms with Crippen LogP contribution in [0.3, 0.4) is 0 Å². The summed E-state index contributed by atoms with van der Waals surface area (Å²) in [6.07, 6.45) is 5.38. The molecule has 0 aliphatic rings. The predicted octanol–water partition coefficient (Wildman–Crippen LogP) is 2.75. The molecule has 0 bridgehead atoms. The lowest BCUT2D eigenvalue weighted by Gasteiger charge is -2.14. The Morgan fingerprint density at radius 3 is 2.55 bits per heavy atom. The van der Waals surface area contributed by atoms with Crippen molar-refractivity contribution >= 4 is 16.8 Å². The molecule has 0 N–H and O–H groups in total. The number of nitrogens with zero attached hydrogens (tertiary/aromatic N) is 4. The summed E-state index contributed by atoms with van der Waals surface area (Å²) in [5.74, 6) is 0.986. The van der Waals surface area contributed by atoms with Gasteiger partial charge < -0.3 is 0 Å². The van der Waals surface area contributed by atoms with Gasteiger partial charge in [-0.15, -0.1) is 0 Å². The van der Waals surface area contributed by atoms with Crippen molar-refractivity contribution in [3.63, 3.8) is 0 Å². The van der Waals surface area contributed by atoms with Gasteiger partial charge in [0.25, 0.3) is 5.56 Å². The van der Waals surface area contributed by atoms with Crippen LogP contribution >= 0.6 is 0 Å². The SMILES string of the molecule is CC(C)c1cnc2c(c1)c(=O)n(C(C)C)c1nccn21. The first-order valence-electron chi connectivity index (χ1n) is 6.88. The highest BCUT2D eigenvalue weighted by atomic mass is 16.1. The molecule has 0 radical (unpaired) electrons. The highest BCUT2D eigenvalue weighted by molar-refractivity contribution is 5.77. The number of fused-ring (bicyclic) bond motifs is 3. The van der Waals surface area contributed by atoms with E-state index in [1.54, 1.807) is 10.8 Å². The van der Waals surface area contributed by atoms with Gasteiger partial charge >= 0.3 is 0 Å². The van der Waals surface area contributed by atoms with Crippen molar-refractivity contribution in [3.8, 4) is 0 Å². The first-order valence-corrected chi connectivity index (χ1v) is 6.88. The summed E-state index contributed by atoms with van der Waals surface area (Å²) < 4.78 is 3.59. The molecule has 3 rings (SSSR count). The minimum atomic E-state index is -0.0244. The molecule has 3 aromatic rings. The van der Waals surface area contributed by atoms with Crippen LogP contribution in [0.2, 0.25) is 0 Å². The monoisotopic (exact) mass is 270 g/mol. The first kappa shape index (κ1) is 12.8. The second-order valence-electron chi connectivity index (χ2n) is 5.66. The number of hydrogen-bond donors (Lipinski definition) is 0. The fourth-order valence-corrected chi connectivity index (χ4v) is 2.46. The van der Waals surface area contributed by atoms with Gasteiger partial charge in [0.05, 0.1) is 5.39 Å². The Morgan fingerprint density at radius 1 is 1.15 bits per heavy atom. The molecule has 0 atom stereocenters. The lowest BCUT2D eigenvalue weighted by atomic mass is 10.0. The maximum Gasteiger partial charge on any atom is 0.264 e. The van der Waals surface area contributed by atoms with Crippen molar-refractivity contribution in [1.82, 2.24) is 18.9 Å². The van der Waals surface area contributed by atoms with Crippen molar-refractivity contribution in [2.24, 2.45) is 0 Å². The maximum absolute atomic E-state index is 12.7. The second-order valence-corrected chi connectivity index (χ2v) is 5.66. The molecule has 0 saturated heterocycles. The zero-order valence-corrected chi connectivity index (χ0v) is 12.2. The zero-order chi connectivity index (χ0) is 14.4. The van der Waals surface area contributed by atoms with Crippen LogP contribution in [0, 0.1) is 0 Å². The van der Waals surface area contributed by atoms with E-state index in [1.165, 1.54) is 0 Å². The summed E-state index contributed by atoms with van der Waals surface area (Å²) in [6.45, 7) is 8.17. The summed E-state index contributed by atoms with van der Waals surface area (Å²) in [4.78, 5) is 21.5. The first-order chi connectivity index (χ1) is 9.50. The van der Waals surface area contributed by atoms with E-state index in [4.69, 9.17) is 0 Å².